The molecule has 3 rings (SSSR count). The van der Waals surface area contributed by atoms with Crippen molar-refractivity contribution in [2.45, 2.75) is 37.7 Å². The van der Waals surface area contributed by atoms with Gasteiger partial charge in [-0.3, -0.25) is 0 Å². The molecule has 0 amide bonds. The molecular formula is C23H25NO5. The molecule has 1 saturated heterocycles. The van der Waals surface area contributed by atoms with Crippen LogP contribution in [0.3, 0.4) is 0 Å². The molecule has 1 atom stereocenters. The quantitative estimate of drug-likeness (QED) is 0.616. The number of carboxylic acids is 1. The molecule has 6 nitrogen and oxygen atoms in total. The molecule has 0 radical (unpaired) electrons. The van der Waals surface area contributed by atoms with Crippen LogP contribution in [0.2, 0.25) is 0 Å². The fraction of sp³-hybridized carbons (Fsp3) is 0.391. The van der Waals surface area contributed by atoms with Gasteiger partial charge in [0.1, 0.15) is 11.5 Å². The van der Waals surface area contributed by atoms with Crippen LogP contribution in [-0.4, -0.2) is 36.5 Å². The molecule has 1 aliphatic rings. The summed E-state index contributed by atoms with van der Waals surface area (Å²) in [5, 5.41) is 18.2. The molecule has 1 unspecified atom stereocenters. The normalized spacial score (nSPS) is 18.2. The number of benzene rings is 2. The number of rotatable bonds is 10. The largest absolute Gasteiger partial charge is 0.493 e. The first-order valence-corrected chi connectivity index (χ1v) is 9.79. The van der Waals surface area contributed by atoms with E-state index in [1.807, 2.05) is 48.5 Å². The molecule has 152 valence electrons. The first kappa shape index (κ1) is 20.7. The zero-order valence-corrected chi connectivity index (χ0v) is 16.3. The van der Waals surface area contributed by atoms with Crippen molar-refractivity contribution in [2.24, 2.45) is 0 Å². The molecule has 0 aliphatic carbocycles. The van der Waals surface area contributed by atoms with Gasteiger partial charge in [0.25, 0.3) is 0 Å². The van der Waals surface area contributed by atoms with Gasteiger partial charge < -0.3 is 19.3 Å². The van der Waals surface area contributed by atoms with E-state index < -0.39 is 11.6 Å². The van der Waals surface area contributed by atoms with Crippen molar-refractivity contribution in [3.63, 3.8) is 0 Å². The van der Waals surface area contributed by atoms with Crippen LogP contribution in [0.4, 0.5) is 0 Å². The second-order valence-electron chi connectivity index (χ2n) is 7.10. The van der Waals surface area contributed by atoms with Crippen LogP contribution in [0.5, 0.6) is 11.5 Å². The number of nitrogens with zero attached hydrogens (tertiary/aromatic N) is 1. The predicted octanol–water partition coefficient (Wildman–Crippen LogP) is 3.78. The van der Waals surface area contributed by atoms with Crippen LogP contribution in [0.25, 0.3) is 0 Å². The van der Waals surface area contributed by atoms with Crippen molar-refractivity contribution in [2.75, 3.05) is 19.8 Å². The van der Waals surface area contributed by atoms with Gasteiger partial charge in [-0.15, -0.1) is 0 Å². The van der Waals surface area contributed by atoms with Gasteiger partial charge in [-0.25, -0.2) is 4.79 Å². The lowest BCUT2D eigenvalue weighted by Crippen LogP contribution is -2.40. The van der Waals surface area contributed by atoms with Gasteiger partial charge in [-0.2, -0.15) is 5.26 Å². The maximum atomic E-state index is 11.6. The molecule has 1 aliphatic heterocycles. The first-order valence-electron chi connectivity index (χ1n) is 9.79. The molecule has 6 heteroatoms. The van der Waals surface area contributed by atoms with E-state index in [1.165, 1.54) is 0 Å². The fourth-order valence-corrected chi connectivity index (χ4v) is 3.39. The molecule has 29 heavy (non-hydrogen) atoms. The van der Waals surface area contributed by atoms with Gasteiger partial charge in [0.15, 0.2) is 5.60 Å². The van der Waals surface area contributed by atoms with Crippen LogP contribution < -0.4 is 9.47 Å². The minimum absolute atomic E-state index is 0.338. The Labute approximate surface area is 170 Å². The highest BCUT2D eigenvalue weighted by molar-refractivity contribution is 5.78. The summed E-state index contributed by atoms with van der Waals surface area (Å²) in [4.78, 5) is 11.6. The van der Waals surface area contributed by atoms with Gasteiger partial charge in [0.05, 0.1) is 25.7 Å². The summed E-state index contributed by atoms with van der Waals surface area (Å²) >= 11 is 0. The van der Waals surface area contributed by atoms with E-state index in [9.17, 15) is 9.90 Å². The average Bonchev–Trinajstić information content (AvgIpc) is 3.19. The number of carbonyl (C=O) groups is 1. The minimum Gasteiger partial charge on any atom is -0.493 e. The zero-order chi connectivity index (χ0) is 20.5. The number of carboxylic acid groups (broad SMARTS) is 1. The van der Waals surface area contributed by atoms with E-state index in [4.69, 9.17) is 19.5 Å². The van der Waals surface area contributed by atoms with E-state index in [0.29, 0.717) is 51.3 Å². The lowest BCUT2D eigenvalue weighted by molar-refractivity contribution is -0.159. The summed E-state index contributed by atoms with van der Waals surface area (Å²) in [5.74, 6) is 0.574. The van der Waals surface area contributed by atoms with Gasteiger partial charge in [0, 0.05) is 19.4 Å². The third-order valence-electron chi connectivity index (χ3n) is 4.91. The molecule has 1 N–H and O–H groups in total. The minimum atomic E-state index is -1.12. The zero-order valence-electron chi connectivity index (χ0n) is 16.3. The Kier molecular flexibility index (Phi) is 7.09. The van der Waals surface area contributed by atoms with Crippen molar-refractivity contribution >= 4 is 5.97 Å². The highest BCUT2D eigenvalue weighted by Crippen LogP contribution is 2.31. The Hall–Kier alpha value is -3.04. The molecule has 0 spiro atoms. The molecule has 2 aromatic rings. The van der Waals surface area contributed by atoms with Gasteiger partial charge in [0.2, 0.25) is 0 Å². The van der Waals surface area contributed by atoms with E-state index >= 15 is 0 Å². The molecule has 1 heterocycles. The summed E-state index contributed by atoms with van der Waals surface area (Å²) in [6.07, 6.45) is 2.75. The standard InChI is InChI=1S/C23H25NO5/c24-12-10-18-6-8-20(9-7-18)27-13-3-14-28-21-5-1-4-19(16-21)17-23(22(25)26)11-2-15-29-23/h1,4-9,16H,2-3,10-11,13-15,17H2,(H,25,26). The van der Waals surface area contributed by atoms with E-state index in [2.05, 4.69) is 6.07 Å². The Balaban J connectivity index is 1.43. The van der Waals surface area contributed by atoms with Crippen molar-refractivity contribution in [1.82, 2.24) is 0 Å². The third-order valence-corrected chi connectivity index (χ3v) is 4.91. The van der Waals surface area contributed by atoms with E-state index in [1.54, 1.807) is 0 Å². The van der Waals surface area contributed by atoms with Gasteiger partial charge >= 0.3 is 5.97 Å². The fourth-order valence-electron chi connectivity index (χ4n) is 3.39. The highest BCUT2D eigenvalue weighted by Gasteiger charge is 2.42. The maximum absolute atomic E-state index is 11.6. The lowest BCUT2D eigenvalue weighted by Gasteiger charge is -2.23. The third kappa shape index (κ3) is 5.72. The van der Waals surface area contributed by atoms with E-state index in [0.717, 1.165) is 23.3 Å². The number of ether oxygens (including phenoxy) is 3. The van der Waals surface area contributed by atoms with Crippen molar-refractivity contribution < 1.29 is 24.1 Å². The number of hydrogen-bond donors (Lipinski definition) is 1. The van der Waals surface area contributed by atoms with Crippen LogP contribution in [-0.2, 0) is 22.4 Å². The van der Waals surface area contributed by atoms with Gasteiger partial charge in [-0.05, 0) is 48.2 Å². The number of nitriles is 1. The molecule has 0 bridgehead atoms. The molecular weight excluding hydrogens is 370 g/mol. The molecule has 1 fully saturated rings. The Morgan fingerprint density at radius 2 is 1.86 bits per heavy atom. The summed E-state index contributed by atoms with van der Waals surface area (Å²) in [6, 6.07) is 17.1. The Morgan fingerprint density at radius 3 is 2.52 bits per heavy atom. The Bertz CT molecular complexity index is 850. The predicted molar refractivity (Wildman–Crippen MR) is 107 cm³/mol. The van der Waals surface area contributed by atoms with Gasteiger partial charge in [-0.1, -0.05) is 24.3 Å². The maximum Gasteiger partial charge on any atom is 0.336 e. The first-order chi connectivity index (χ1) is 14.1. The SMILES string of the molecule is N#CCc1ccc(OCCCOc2cccc(CC3(C(=O)O)CCCO3)c2)cc1. The molecule has 0 aromatic heterocycles. The van der Waals surface area contributed by atoms with Crippen LogP contribution in [0.1, 0.15) is 30.4 Å². The topological polar surface area (TPSA) is 88.8 Å². The summed E-state index contributed by atoms with van der Waals surface area (Å²) in [7, 11) is 0. The highest BCUT2D eigenvalue weighted by atomic mass is 16.5. The van der Waals surface area contributed by atoms with Crippen molar-refractivity contribution in [1.29, 1.82) is 5.26 Å². The van der Waals surface area contributed by atoms with Crippen molar-refractivity contribution in [3.8, 4) is 17.6 Å². The van der Waals surface area contributed by atoms with Crippen LogP contribution in [0, 0.1) is 11.3 Å². The summed E-state index contributed by atoms with van der Waals surface area (Å²) in [6.45, 7) is 1.51. The monoisotopic (exact) mass is 395 g/mol. The average molecular weight is 395 g/mol. The summed E-state index contributed by atoms with van der Waals surface area (Å²) < 4.78 is 17.0. The molecule has 0 saturated carbocycles. The second-order valence-corrected chi connectivity index (χ2v) is 7.10. The summed E-state index contributed by atoms with van der Waals surface area (Å²) in [5.41, 5.74) is 0.742. The molecule has 2 aromatic carbocycles. The number of aliphatic carboxylic acids is 1. The van der Waals surface area contributed by atoms with Crippen LogP contribution in [0.15, 0.2) is 48.5 Å². The smallest absolute Gasteiger partial charge is 0.336 e. The lowest BCUT2D eigenvalue weighted by atomic mass is 9.91. The van der Waals surface area contributed by atoms with Crippen LogP contribution >= 0.6 is 0 Å². The van der Waals surface area contributed by atoms with E-state index in [-0.39, 0.29) is 0 Å². The Morgan fingerprint density at radius 1 is 1.10 bits per heavy atom. The van der Waals surface area contributed by atoms with Crippen molar-refractivity contribution in [3.05, 3.63) is 59.7 Å². The second kappa shape index (κ2) is 9.94. The number of hydrogen-bond acceptors (Lipinski definition) is 5.